The van der Waals surface area contributed by atoms with Gasteiger partial charge >= 0.3 is 0 Å². The lowest BCUT2D eigenvalue weighted by Gasteiger charge is -2.44. The van der Waals surface area contributed by atoms with Crippen molar-refractivity contribution in [2.75, 3.05) is 34.4 Å². The Bertz CT molecular complexity index is 521. The van der Waals surface area contributed by atoms with Crippen LogP contribution in [0.15, 0.2) is 42.5 Å². The molecule has 1 aliphatic carbocycles. The molecule has 2 rings (SSSR count). The fourth-order valence-corrected chi connectivity index (χ4v) is 2.74. The predicted octanol–water partition coefficient (Wildman–Crippen LogP) is 0.843. The molecule has 0 saturated carbocycles. The molecule has 0 spiro atoms. The minimum atomic E-state index is -1.60. The van der Waals surface area contributed by atoms with Gasteiger partial charge in [-0.15, -0.1) is 0 Å². The van der Waals surface area contributed by atoms with E-state index in [0.29, 0.717) is 0 Å². The second kappa shape index (κ2) is 9.98. The van der Waals surface area contributed by atoms with E-state index in [9.17, 15) is 10.2 Å². The Labute approximate surface area is 147 Å². The molecule has 1 aromatic carbocycles. The fourth-order valence-electron chi connectivity index (χ4n) is 2.74. The van der Waals surface area contributed by atoms with E-state index >= 15 is 0 Å². The van der Waals surface area contributed by atoms with Crippen molar-refractivity contribution in [3.05, 3.63) is 48.0 Å². The van der Waals surface area contributed by atoms with Crippen molar-refractivity contribution in [3.63, 3.8) is 0 Å². The summed E-state index contributed by atoms with van der Waals surface area (Å²) < 4.78 is 26.5. The van der Waals surface area contributed by atoms with E-state index in [0.717, 1.165) is 5.56 Å². The maximum atomic E-state index is 11.2. The summed E-state index contributed by atoms with van der Waals surface area (Å²) in [6.45, 7) is 0.101. The first-order valence-electron chi connectivity index (χ1n) is 8.03. The average Bonchev–Trinajstić information content (AvgIpc) is 2.62. The van der Waals surface area contributed by atoms with Crippen LogP contribution in [0.5, 0.6) is 0 Å². The highest BCUT2D eigenvalue weighted by Gasteiger charge is 2.50. The zero-order chi connectivity index (χ0) is 18.1. The molecule has 0 aromatic heterocycles. The van der Waals surface area contributed by atoms with Gasteiger partial charge in [-0.3, -0.25) is 0 Å². The Kier molecular flexibility index (Phi) is 7.98. The van der Waals surface area contributed by atoms with Crippen molar-refractivity contribution in [3.8, 4) is 0 Å². The molecule has 0 heterocycles. The first-order valence-corrected chi connectivity index (χ1v) is 8.03. The van der Waals surface area contributed by atoms with Crippen LogP contribution in [0.3, 0.4) is 0 Å². The molecule has 2 N–H and O–H groups in total. The first-order chi connectivity index (χ1) is 12.1. The summed E-state index contributed by atoms with van der Waals surface area (Å²) >= 11 is 0. The molecule has 0 amide bonds. The van der Waals surface area contributed by atoms with E-state index in [-0.39, 0.29) is 26.8 Å². The van der Waals surface area contributed by atoms with E-state index in [1.54, 1.807) is 12.2 Å². The minimum Gasteiger partial charge on any atom is -0.386 e. The van der Waals surface area contributed by atoms with Crippen LogP contribution in [-0.4, -0.2) is 68.5 Å². The van der Waals surface area contributed by atoms with Crippen LogP contribution < -0.4 is 0 Å². The van der Waals surface area contributed by atoms with Crippen LogP contribution in [0.4, 0.5) is 0 Å². The first kappa shape index (κ1) is 20.0. The standard InChI is InChI=1S/C18H26O7/c1-21-12-23-11-18(20)16(25-13-22-2)9-8-15(19)17(18)24-10-14-6-4-3-5-7-14/h3-9,15-17,19-20H,10-13H2,1-2H3/t15-,16+,17+,18-/m0/s1. The van der Waals surface area contributed by atoms with E-state index < -0.39 is 23.9 Å². The third-order valence-corrected chi connectivity index (χ3v) is 3.95. The summed E-state index contributed by atoms with van der Waals surface area (Å²) in [5.74, 6) is 0. The van der Waals surface area contributed by atoms with E-state index in [2.05, 4.69) is 0 Å². The van der Waals surface area contributed by atoms with Gasteiger partial charge in [-0.25, -0.2) is 0 Å². The van der Waals surface area contributed by atoms with Crippen molar-refractivity contribution in [1.29, 1.82) is 0 Å². The fraction of sp³-hybridized carbons (Fsp3) is 0.556. The van der Waals surface area contributed by atoms with Crippen molar-refractivity contribution in [2.24, 2.45) is 0 Å². The monoisotopic (exact) mass is 354 g/mol. The van der Waals surface area contributed by atoms with Crippen molar-refractivity contribution >= 4 is 0 Å². The van der Waals surface area contributed by atoms with Gasteiger partial charge in [0, 0.05) is 14.2 Å². The SMILES string of the molecule is COCOC[C@@]1(O)[C@H](OCc2ccccc2)[C@@H](O)C=C[C@H]1OCOC. The van der Waals surface area contributed by atoms with Gasteiger partial charge in [-0.2, -0.15) is 0 Å². The molecule has 7 nitrogen and oxygen atoms in total. The zero-order valence-corrected chi connectivity index (χ0v) is 14.5. The van der Waals surface area contributed by atoms with Crippen LogP contribution in [-0.2, 0) is 30.3 Å². The lowest BCUT2D eigenvalue weighted by atomic mass is 9.82. The number of aliphatic hydroxyl groups is 2. The summed E-state index contributed by atoms with van der Waals surface area (Å²) in [6.07, 6.45) is 0.440. The third-order valence-electron chi connectivity index (χ3n) is 3.95. The van der Waals surface area contributed by atoms with Crippen molar-refractivity contribution in [1.82, 2.24) is 0 Å². The highest BCUT2D eigenvalue weighted by atomic mass is 16.7. The zero-order valence-electron chi connectivity index (χ0n) is 14.5. The number of hydrogen-bond donors (Lipinski definition) is 2. The molecular weight excluding hydrogens is 328 g/mol. The Morgan fingerprint density at radius 3 is 2.40 bits per heavy atom. The summed E-state index contributed by atoms with van der Waals surface area (Å²) in [4.78, 5) is 0. The van der Waals surface area contributed by atoms with Gasteiger partial charge in [0.25, 0.3) is 0 Å². The minimum absolute atomic E-state index is 0.00449. The molecule has 7 heteroatoms. The molecule has 4 atom stereocenters. The van der Waals surface area contributed by atoms with E-state index in [1.165, 1.54) is 14.2 Å². The molecule has 0 aliphatic heterocycles. The summed E-state index contributed by atoms with van der Waals surface area (Å²) in [7, 11) is 2.98. The highest BCUT2D eigenvalue weighted by molar-refractivity contribution is 5.18. The number of ether oxygens (including phenoxy) is 5. The largest absolute Gasteiger partial charge is 0.386 e. The van der Waals surface area contributed by atoms with Crippen LogP contribution in [0.2, 0.25) is 0 Å². The highest BCUT2D eigenvalue weighted by Crippen LogP contribution is 2.31. The lowest BCUT2D eigenvalue weighted by molar-refractivity contribution is -0.240. The number of benzene rings is 1. The summed E-state index contributed by atoms with van der Waals surface area (Å²) in [5.41, 5.74) is -0.668. The average molecular weight is 354 g/mol. The lowest BCUT2D eigenvalue weighted by Crippen LogP contribution is -2.62. The summed E-state index contributed by atoms with van der Waals surface area (Å²) in [5, 5.41) is 21.5. The normalized spacial score (nSPS) is 29.0. The molecule has 0 saturated heterocycles. The molecule has 1 aromatic rings. The molecule has 0 radical (unpaired) electrons. The van der Waals surface area contributed by atoms with Crippen molar-refractivity contribution in [2.45, 2.75) is 30.5 Å². The number of methoxy groups -OCH3 is 2. The van der Waals surface area contributed by atoms with E-state index in [4.69, 9.17) is 23.7 Å². The topological polar surface area (TPSA) is 86.6 Å². The molecule has 1 aliphatic rings. The molecule has 0 fully saturated rings. The Hall–Kier alpha value is -1.32. The van der Waals surface area contributed by atoms with Gasteiger partial charge in [0.05, 0.1) is 13.2 Å². The molecular formula is C18H26O7. The quantitative estimate of drug-likeness (QED) is 0.366. The van der Waals surface area contributed by atoms with Crippen LogP contribution >= 0.6 is 0 Å². The third kappa shape index (κ3) is 5.32. The van der Waals surface area contributed by atoms with Gasteiger partial charge in [-0.1, -0.05) is 42.5 Å². The smallest absolute Gasteiger partial charge is 0.147 e. The van der Waals surface area contributed by atoms with E-state index in [1.807, 2.05) is 30.3 Å². The van der Waals surface area contributed by atoms with Crippen molar-refractivity contribution < 1.29 is 33.9 Å². The maximum absolute atomic E-state index is 11.2. The molecule has 140 valence electrons. The van der Waals surface area contributed by atoms with Gasteiger partial charge in [0.15, 0.2) is 0 Å². The maximum Gasteiger partial charge on any atom is 0.147 e. The Balaban J connectivity index is 2.14. The predicted molar refractivity (Wildman–Crippen MR) is 89.7 cm³/mol. The Morgan fingerprint density at radius 1 is 1.00 bits per heavy atom. The second-order valence-electron chi connectivity index (χ2n) is 5.83. The van der Waals surface area contributed by atoms with Gasteiger partial charge in [-0.05, 0) is 5.56 Å². The molecule has 0 bridgehead atoms. The number of rotatable bonds is 10. The van der Waals surface area contributed by atoms with Crippen LogP contribution in [0.1, 0.15) is 5.56 Å². The van der Waals surface area contributed by atoms with Crippen LogP contribution in [0, 0.1) is 0 Å². The van der Waals surface area contributed by atoms with Crippen LogP contribution in [0.25, 0.3) is 0 Å². The number of hydrogen-bond acceptors (Lipinski definition) is 7. The Morgan fingerprint density at radius 2 is 1.72 bits per heavy atom. The number of aliphatic hydroxyl groups excluding tert-OH is 1. The molecule has 0 unspecified atom stereocenters. The molecule has 25 heavy (non-hydrogen) atoms. The summed E-state index contributed by atoms with van der Waals surface area (Å²) in [6, 6.07) is 9.52. The van der Waals surface area contributed by atoms with Gasteiger partial charge in [0.1, 0.15) is 37.5 Å². The second-order valence-corrected chi connectivity index (χ2v) is 5.83. The van der Waals surface area contributed by atoms with Gasteiger partial charge in [0.2, 0.25) is 0 Å². The van der Waals surface area contributed by atoms with Gasteiger partial charge < -0.3 is 33.9 Å².